The van der Waals surface area contributed by atoms with Gasteiger partial charge in [0.2, 0.25) is 0 Å². The van der Waals surface area contributed by atoms with Crippen molar-refractivity contribution < 1.29 is 35.8 Å². The lowest BCUT2D eigenvalue weighted by Crippen LogP contribution is -2.62. The van der Waals surface area contributed by atoms with E-state index in [4.69, 9.17) is 20.9 Å². The summed E-state index contributed by atoms with van der Waals surface area (Å²) in [6.45, 7) is 0. The van der Waals surface area contributed by atoms with Crippen molar-refractivity contribution in [1.82, 2.24) is 0 Å². The first-order valence-electron chi connectivity index (χ1n) is 10.8. The zero-order valence-corrected chi connectivity index (χ0v) is 18.6. The number of hydrogen-bond donors (Lipinski definition) is 2. The summed E-state index contributed by atoms with van der Waals surface area (Å²) in [4.78, 5) is 0. The van der Waals surface area contributed by atoms with Crippen LogP contribution < -0.4 is 20.9 Å². The number of rotatable bonds is 5. The molecule has 4 atom stereocenters. The Kier molecular flexibility index (Phi) is 6.52. The lowest BCUT2D eigenvalue weighted by Gasteiger charge is -2.36. The third-order valence-corrected chi connectivity index (χ3v) is 6.03. The molecule has 4 N–H and O–H groups in total. The molecule has 190 valence electrons. The Balaban J connectivity index is 1.46. The maximum Gasteiger partial charge on any atom is 0.413 e. The first kappa shape index (κ1) is 25.6. The molecule has 2 aliphatic carbocycles. The molecule has 0 aliphatic heterocycles. The van der Waals surface area contributed by atoms with Crippen molar-refractivity contribution in [2.45, 2.75) is 35.6 Å². The fourth-order valence-electron chi connectivity index (χ4n) is 3.80. The zero-order valence-electron chi connectivity index (χ0n) is 18.6. The average molecular weight is 508 g/mol. The molecule has 0 heterocycles. The molecule has 36 heavy (non-hydrogen) atoms. The SMILES string of the molecule is NC1(C(F)(F)F)C=CC=CC1Oc1ccc(-c2ccc(OC3C=CC=CC3(N)C(F)(F)F)cc2)cc1. The number of halogens is 6. The molecule has 4 rings (SSSR count). The van der Waals surface area contributed by atoms with Gasteiger partial charge < -0.3 is 20.9 Å². The second-order valence-corrected chi connectivity index (χ2v) is 8.48. The van der Waals surface area contributed by atoms with Crippen LogP contribution in [0.4, 0.5) is 26.3 Å². The van der Waals surface area contributed by atoms with Crippen LogP contribution in [0.25, 0.3) is 11.1 Å². The van der Waals surface area contributed by atoms with Crippen molar-refractivity contribution >= 4 is 0 Å². The minimum atomic E-state index is -4.71. The number of alkyl halides is 6. The predicted molar refractivity (Wildman–Crippen MR) is 123 cm³/mol. The molecule has 2 aliphatic rings. The monoisotopic (exact) mass is 508 g/mol. The van der Waals surface area contributed by atoms with Crippen molar-refractivity contribution in [2.75, 3.05) is 0 Å². The highest BCUT2D eigenvalue weighted by Gasteiger charge is 2.57. The summed E-state index contributed by atoms with van der Waals surface area (Å²) >= 11 is 0. The summed E-state index contributed by atoms with van der Waals surface area (Å²) in [6, 6.07) is 12.6. The van der Waals surface area contributed by atoms with Crippen LogP contribution in [0.2, 0.25) is 0 Å². The Morgan fingerprint density at radius 2 is 0.889 bits per heavy atom. The summed E-state index contributed by atoms with van der Waals surface area (Å²) in [5.41, 5.74) is 7.27. The van der Waals surface area contributed by atoms with E-state index in [0.717, 1.165) is 12.2 Å². The Morgan fingerprint density at radius 3 is 1.19 bits per heavy atom. The Bertz CT molecular complexity index is 1100. The summed E-state index contributed by atoms with van der Waals surface area (Å²) in [5.74, 6) is 0.373. The predicted octanol–water partition coefficient (Wildman–Crippen LogP) is 5.62. The van der Waals surface area contributed by atoms with Gasteiger partial charge in [-0.15, -0.1) is 0 Å². The van der Waals surface area contributed by atoms with Crippen LogP contribution in [0.15, 0.2) is 97.1 Å². The van der Waals surface area contributed by atoms with E-state index in [1.54, 1.807) is 24.3 Å². The van der Waals surface area contributed by atoms with Crippen LogP contribution in [-0.2, 0) is 0 Å². The van der Waals surface area contributed by atoms with E-state index in [2.05, 4.69) is 0 Å². The highest BCUT2D eigenvalue weighted by molar-refractivity contribution is 5.65. The molecular formula is C26H22F6N2O2. The van der Waals surface area contributed by atoms with Gasteiger partial charge in [0.25, 0.3) is 0 Å². The van der Waals surface area contributed by atoms with E-state index in [0.29, 0.717) is 11.1 Å². The Morgan fingerprint density at radius 1 is 0.556 bits per heavy atom. The van der Waals surface area contributed by atoms with Gasteiger partial charge in [-0.2, -0.15) is 26.3 Å². The number of allylic oxidation sites excluding steroid dienone is 4. The van der Waals surface area contributed by atoms with Gasteiger partial charge >= 0.3 is 12.4 Å². The summed E-state index contributed by atoms with van der Waals surface area (Å²) < 4.78 is 91.9. The largest absolute Gasteiger partial charge is 0.484 e. The Labute approximate surface area is 203 Å². The third-order valence-electron chi connectivity index (χ3n) is 6.03. The van der Waals surface area contributed by atoms with E-state index in [1.807, 2.05) is 0 Å². The minimum Gasteiger partial charge on any atom is -0.484 e. The second-order valence-electron chi connectivity index (χ2n) is 8.48. The van der Waals surface area contributed by atoms with Crippen molar-refractivity contribution in [2.24, 2.45) is 11.5 Å². The fraction of sp³-hybridized carbons (Fsp3) is 0.231. The van der Waals surface area contributed by atoms with Crippen LogP contribution in [-0.4, -0.2) is 35.6 Å². The van der Waals surface area contributed by atoms with E-state index >= 15 is 0 Å². The highest BCUT2D eigenvalue weighted by Crippen LogP contribution is 2.38. The number of ether oxygens (including phenoxy) is 2. The molecule has 0 fully saturated rings. The van der Waals surface area contributed by atoms with Crippen molar-refractivity contribution in [1.29, 1.82) is 0 Å². The van der Waals surface area contributed by atoms with Gasteiger partial charge in [0.15, 0.2) is 11.1 Å². The van der Waals surface area contributed by atoms with E-state index < -0.39 is 35.6 Å². The van der Waals surface area contributed by atoms with Crippen LogP contribution in [0.5, 0.6) is 11.5 Å². The van der Waals surface area contributed by atoms with Crippen LogP contribution in [0.3, 0.4) is 0 Å². The maximum absolute atomic E-state index is 13.5. The van der Waals surface area contributed by atoms with Gasteiger partial charge in [-0.3, -0.25) is 0 Å². The van der Waals surface area contributed by atoms with E-state index in [9.17, 15) is 26.3 Å². The zero-order chi connectivity index (χ0) is 26.2. The standard InChI is InChI=1S/C26H22F6N2O2/c27-25(28,29)23(33)15-3-1-5-21(23)35-19-11-7-17(8-12-19)18-9-13-20(14-10-18)36-22-6-2-4-16-24(22,34)26(30,31)32/h1-16,21-22H,33-34H2. The number of hydrogen-bond acceptors (Lipinski definition) is 4. The molecule has 0 spiro atoms. The second kappa shape index (κ2) is 9.18. The smallest absolute Gasteiger partial charge is 0.413 e. The molecule has 4 unspecified atom stereocenters. The van der Waals surface area contributed by atoms with Crippen LogP contribution in [0.1, 0.15) is 0 Å². The van der Waals surface area contributed by atoms with Gasteiger partial charge in [0.1, 0.15) is 23.7 Å². The van der Waals surface area contributed by atoms with Gasteiger partial charge in [-0.25, -0.2) is 0 Å². The molecule has 0 saturated heterocycles. The lowest BCUT2D eigenvalue weighted by atomic mass is 9.88. The van der Waals surface area contributed by atoms with Crippen molar-refractivity contribution in [3.63, 3.8) is 0 Å². The first-order valence-corrected chi connectivity index (χ1v) is 10.8. The molecule has 2 aromatic carbocycles. The lowest BCUT2D eigenvalue weighted by molar-refractivity contribution is -0.188. The van der Waals surface area contributed by atoms with Crippen LogP contribution in [0, 0.1) is 0 Å². The Hall–Kier alpha value is -3.50. The molecule has 0 bridgehead atoms. The molecule has 0 amide bonds. The van der Waals surface area contributed by atoms with Crippen LogP contribution >= 0.6 is 0 Å². The average Bonchev–Trinajstić information content (AvgIpc) is 2.82. The van der Waals surface area contributed by atoms with Crippen molar-refractivity contribution in [3.8, 4) is 22.6 Å². The number of benzene rings is 2. The van der Waals surface area contributed by atoms with Gasteiger partial charge in [0.05, 0.1) is 0 Å². The highest BCUT2D eigenvalue weighted by atomic mass is 19.4. The molecule has 2 aromatic rings. The molecule has 0 radical (unpaired) electrons. The van der Waals surface area contributed by atoms with E-state index in [-0.39, 0.29) is 11.5 Å². The van der Waals surface area contributed by atoms with Crippen molar-refractivity contribution in [3.05, 3.63) is 97.1 Å². The summed E-state index contributed by atoms with van der Waals surface area (Å²) in [6.07, 6.45) is -2.80. The summed E-state index contributed by atoms with van der Waals surface area (Å²) in [7, 11) is 0. The summed E-state index contributed by atoms with van der Waals surface area (Å²) in [5, 5.41) is 0. The van der Waals surface area contributed by atoms with Gasteiger partial charge in [0, 0.05) is 0 Å². The fourth-order valence-corrected chi connectivity index (χ4v) is 3.80. The minimum absolute atomic E-state index is 0.186. The first-order chi connectivity index (χ1) is 16.8. The normalized spacial score (nSPS) is 27.8. The van der Waals surface area contributed by atoms with E-state index in [1.165, 1.54) is 60.7 Å². The van der Waals surface area contributed by atoms with Gasteiger partial charge in [-0.05, 0) is 47.5 Å². The van der Waals surface area contributed by atoms with Gasteiger partial charge in [-0.1, -0.05) is 60.7 Å². The molecule has 0 saturated carbocycles. The maximum atomic E-state index is 13.5. The molecule has 0 aromatic heterocycles. The molecule has 10 heteroatoms. The quantitative estimate of drug-likeness (QED) is 0.515. The number of nitrogens with two attached hydrogens (primary N) is 2. The molecule has 4 nitrogen and oxygen atoms in total. The molecular weight excluding hydrogens is 486 g/mol. The topological polar surface area (TPSA) is 70.5 Å². The third kappa shape index (κ3) is 4.78.